The monoisotopic (exact) mass is 562 g/mol. The van der Waals surface area contributed by atoms with Gasteiger partial charge in [0.1, 0.15) is 18.1 Å². The van der Waals surface area contributed by atoms with Gasteiger partial charge in [0, 0.05) is 13.0 Å². The highest BCUT2D eigenvalue weighted by atomic mass is 16.4. The molecule has 224 valence electrons. The molecular formula is C27H46N8O5. The fourth-order valence-electron chi connectivity index (χ4n) is 3.91. The van der Waals surface area contributed by atoms with E-state index >= 15 is 0 Å². The van der Waals surface area contributed by atoms with Gasteiger partial charge in [0.25, 0.3) is 0 Å². The quantitative estimate of drug-likeness (QED) is 0.0604. The average Bonchev–Trinajstić information content (AvgIpc) is 2.92. The highest BCUT2D eigenvalue weighted by Crippen LogP contribution is 2.09. The SMILES string of the molecule is CCC(C)C(N)C(=O)NC(CCCCN)C(=O)NC(CCCN=C(N)N)C(=O)NC(Cc1ccccc1)C(=O)O. The van der Waals surface area contributed by atoms with Crippen molar-refractivity contribution in [2.75, 3.05) is 13.1 Å². The summed E-state index contributed by atoms with van der Waals surface area (Å²) in [6.07, 6.45) is 2.69. The molecule has 0 aliphatic heterocycles. The van der Waals surface area contributed by atoms with Gasteiger partial charge in [-0.25, -0.2) is 4.79 Å². The average molecular weight is 563 g/mol. The largest absolute Gasteiger partial charge is 0.480 e. The normalized spacial score (nSPS) is 14.6. The second-order valence-corrected chi connectivity index (χ2v) is 9.86. The van der Waals surface area contributed by atoms with Gasteiger partial charge < -0.3 is 44.0 Å². The lowest BCUT2D eigenvalue weighted by molar-refractivity contribution is -0.142. The summed E-state index contributed by atoms with van der Waals surface area (Å²) in [4.78, 5) is 55.2. The number of amides is 3. The number of carbonyl (C=O) groups excluding carboxylic acids is 3. The van der Waals surface area contributed by atoms with Gasteiger partial charge in [0.2, 0.25) is 17.7 Å². The number of unbranched alkanes of at least 4 members (excludes halogenated alkanes) is 1. The minimum atomic E-state index is -1.22. The van der Waals surface area contributed by atoms with E-state index in [0.717, 1.165) is 5.56 Å². The number of hydrogen-bond acceptors (Lipinski definition) is 7. The summed E-state index contributed by atoms with van der Waals surface area (Å²) in [6.45, 7) is 4.38. The Hall–Kier alpha value is -3.71. The maximum absolute atomic E-state index is 13.3. The number of nitrogens with two attached hydrogens (primary N) is 4. The molecular weight excluding hydrogens is 516 g/mol. The Kier molecular flexibility index (Phi) is 15.9. The molecule has 0 aliphatic rings. The molecule has 13 heteroatoms. The Morgan fingerprint density at radius 2 is 1.43 bits per heavy atom. The molecule has 1 rings (SSSR count). The highest BCUT2D eigenvalue weighted by molar-refractivity contribution is 5.94. The molecule has 0 saturated carbocycles. The zero-order valence-electron chi connectivity index (χ0n) is 23.5. The van der Waals surface area contributed by atoms with E-state index in [-0.39, 0.29) is 37.7 Å². The molecule has 1 aromatic rings. The summed E-state index contributed by atoms with van der Waals surface area (Å²) in [6, 6.07) is 4.79. The Morgan fingerprint density at radius 1 is 0.875 bits per heavy atom. The molecule has 0 aromatic heterocycles. The third-order valence-electron chi connectivity index (χ3n) is 6.62. The van der Waals surface area contributed by atoms with Crippen LogP contribution < -0.4 is 38.9 Å². The summed E-state index contributed by atoms with van der Waals surface area (Å²) in [5.41, 5.74) is 23.1. The summed E-state index contributed by atoms with van der Waals surface area (Å²) >= 11 is 0. The van der Waals surface area contributed by atoms with Crippen LogP contribution in [-0.4, -0.2) is 72.0 Å². The van der Waals surface area contributed by atoms with Crippen molar-refractivity contribution in [2.24, 2.45) is 33.8 Å². The lowest BCUT2D eigenvalue weighted by atomic mass is 9.98. The molecule has 0 aliphatic carbocycles. The molecule has 0 saturated heterocycles. The molecule has 0 heterocycles. The number of aliphatic carboxylic acids is 1. The van der Waals surface area contributed by atoms with Crippen molar-refractivity contribution in [1.29, 1.82) is 0 Å². The zero-order valence-corrected chi connectivity index (χ0v) is 23.5. The number of rotatable bonds is 19. The molecule has 3 amide bonds. The van der Waals surface area contributed by atoms with Crippen molar-refractivity contribution >= 4 is 29.7 Å². The molecule has 0 bridgehead atoms. The number of nitrogens with one attached hydrogen (secondary N) is 3. The van der Waals surface area contributed by atoms with Crippen LogP contribution >= 0.6 is 0 Å². The van der Waals surface area contributed by atoms with E-state index in [1.54, 1.807) is 30.3 Å². The van der Waals surface area contributed by atoms with Crippen LogP contribution in [0, 0.1) is 5.92 Å². The van der Waals surface area contributed by atoms with Crippen molar-refractivity contribution in [3.8, 4) is 0 Å². The van der Waals surface area contributed by atoms with Crippen LogP contribution in [-0.2, 0) is 25.6 Å². The predicted molar refractivity (Wildman–Crippen MR) is 154 cm³/mol. The molecule has 13 nitrogen and oxygen atoms in total. The van der Waals surface area contributed by atoms with E-state index in [0.29, 0.717) is 32.2 Å². The van der Waals surface area contributed by atoms with Crippen LogP contribution in [0.25, 0.3) is 0 Å². The third-order valence-corrected chi connectivity index (χ3v) is 6.62. The van der Waals surface area contributed by atoms with Crippen molar-refractivity contribution < 1.29 is 24.3 Å². The molecule has 40 heavy (non-hydrogen) atoms. The van der Waals surface area contributed by atoms with Crippen molar-refractivity contribution in [3.05, 3.63) is 35.9 Å². The minimum absolute atomic E-state index is 0.0574. The Balaban J connectivity index is 3.09. The van der Waals surface area contributed by atoms with Crippen LogP contribution in [0.3, 0.4) is 0 Å². The predicted octanol–water partition coefficient (Wildman–Crippen LogP) is -0.676. The van der Waals surface area contributed by atoms with E-state index in [4.69, 9.17) is 22.9 Å². The van der Waals surface area contributed by atoms with Crippen LogP contribution in [0.1, 0.15) is 57.9 Å². The van der Waals surface area contributed by atoms with Crippen LogP contribution in [0.15, 0.2) is 35.3 Å². The van der Waals surface area contributed by atoms with E-state index in [2.05, 4.69) is 20.9 Å². The second kappa shape index (κ2) is 18.6. The van der Waals surface area contributed by atoms with E-state index in [1.807, 2.05) is 13.8 Å². The Bertz CT molecular complexity index is 971. The maximum Gasteiger partial charge on any atom is 0.326 e. The highest BCUT2D eigenvalue weighted by Gasteiger charge is 2.30. The first-order valence-electron chi connectivity index (χ1n) is 13.7. The molecule has 0 spiro atoms. The smallest absolute Gasteiger partial charge is 0.326 e. The Labute approximate surface area is 235 Å². The summed E-state index contributed by atoms with van der Waals surface area (Å²) < 4.78 is 0. The van der Waals surface area contributed by atoms with Gasteiger partial charge in [-0.3, -0.25) is 19.4 Å². The van der Waals surface area contributed by atoms with Crippen molar-refractivity contribution in [2.45, 2.75) is 83.0 Å². The number of aliphatic imine (C=N–C) groups is 1. The van der Waals surface area contributed by atoms with Gasteiger partial charge in [-0.1, -0.05) is 50.6 Å². The fraction of sp³-hybridized carbons (Fsp3) is 0.593. The number of guanidine groups is 1. The number of carboxylic acids is 1. The first-order valence-corrected chi connectivity index (χ1v) is 13.7. The van der Waals surface area contributed by atoms with Crippen molar-refractivity contribution in [1.82, 2.24) is 16.0 Å². The minimum Gasteiger partial charge on any atom is -0.480 e. The van der Waals surface area contributed by atoms with Gasteiger partial charge in [0.05, 0.1) is 6.04 Å². The number of carboxylic acid groups (broad SMARTS) is 1. The van der Waals surface area contributed by atoms with E-state index in [1.165, 1.54) is 0 Å². The number of nitrogens with zero attached hydrogens (tertiary/aromatic N) is 1. The topological polar surface area (TPSA) is 241 Å². The lowest BCUT2D eigenvalue weighted by Gasteiger charge is -2.26. The van der Waals surface area contributed by atoms with Crippen LogP contribution in [0.5, 0.6) is 0 Å². The summed E-state index contributed by atoms with van der Waals surface area (Å²) in [5.74, 6) is -3.15. The number of carbonyl (C=O) groups is 4. The van der Waals surface area contributed by atoms with Gasteiger partial charge in [-0.15, -0.1) is 0 Å². The first-order chi connectivity index (χ1) is 19.0. The van der Waals surface area contributed by atoms with Crippen LogP contribution in [0.4, 0.5) is 0 Å². The van der Waals surface area contributed by atoms with Gasteiger partial charge in [0.15, 0.2) is 5.96 Å². The number of benzene rings is 1. The molecule has 1 aromatic carbocycles. The van der Waals surface area contributed by atoms with E-state index in [9.17, 15) is 24.3 Å². The summed E-state index contributed by atoms with van der Waals surface area (Å²) in [5, 5.41) is 17.7. The standard InChI is InChI=1S/C27H46N8O5/c1-3-17(2)22(29)25(38)34-19(12-7-8-14-28)23(36)33-20(13-9-15-32-27(30)31)24(37)35-21(26(39)40)16-18-10-5-4-6-11-18/h4-6,10-11,17,19-22H,3,7-9,12-16,28-29H2,1-2H3,(H,33,36)(H,34,38)(H,35,37)(H,39,40)(H4,30,31,32). The van der Waals surface area contributed by atoms with Gasteiger partial charge >= 0.3 is 5.97 Å². The third kappa shape index (κ3) is 12.9. The molecule has 5 atom stereocenters. The molecule has 5 unspecified atom stereocenters. The van der Waals surface area contributed by atoms with Crippen molar-refractivity contribution in [3.63, 3.8) is 0 Å². The van der Waals surface area contributed by atoms with E-state index < -0.39 is 47.9 Å². The lowest BCUT2D eigenvalue weighted by Crippen LogP contribution is -2.57. The first kappa shape index (κ1) is 34.3. The molecule has 12 N–H and O–H groups in total. The van der Waals surface area contributed by atoms with Crippen LogP contribution in [0.2, 0.25) is 0 Å². The van der Waals surface area contributed by atoms with Gasteiger partial charge in [-0.2, -0.15) is 0 Å². The second-order valence-electron chi connectivity index (χ2n) is 9.86. The maximum atomic E-state index is 13.3. The Morgan fingerprint density at radius 3 is 1.95 bits per heavy atom. The summed E-state index contributed by atoms with van der Waals surface area (Å²) in [7, 11) is 0. The molecule has 0 radical (unpaired) electrons. The fourth-order valence-corrected chi connectivity index (χ4v) is 3.91. The zero-order chi connectivity index (χ0) is 30.1. The molecule has 0 fully saturated rings. The number of hydrogen-bond donors (Lipinski definition) is 8. The van der Waals surface area contributed by atoms with Gasteiger partial charge in [-0.05, 0) is 50.1 Å².